The summed E-state index contributed by atoms with van der Waals surface area (Å²) in [4.78, 5) is 14.2. The zero-order chi connectivity index (χ0) is 19.3. The summed E-state index contributed by atoms with van der Waals surface area (Å²) in [7, 11) is 0. The number of nitrogens with zero attached hydrogens (tertiary/aromatic N) is 1. The molecular weight excluding hydrogens is 345 g/mol. The molecule has 1 N–H and O–H groups in total. The number of amides is 1. The van der Waals surface area contributed by atoms with Crippen LogP contribution in [0.2, 0.25) is 0 Å². The number of ether oxygens (including phenoxy) is 1. The smallest absolute Gasteiger partial charge is 0.410 e. The number of aliphatic hydroxyl groups is 1. The van der Waals surface area contributed by atoms with Gasteiger partial charge in [-0.2, -0.15) is 0 Å². The molecule has 144 valence electrons. The second-order valence-electron chi connectivity index (χ2n) is 7.50. The number of carbonyl (C=O) groups is 1. The number of aliphatic hydroxyl groups excluding tert-OH is 1. The molecule has 3 rings (SSSR count). The Morgan fingerprint density at radius 3 is 2.63 bits per heavy atom. The maximum absolute atomic E-state index is 13.5. The number of benzene rings is 2. The Kier molecular flexibility index (Phi) is 6.11. The molecule has 2 aromatic rings. The quantitative estimate of drug-likeness (QED) is 0.858. The van der Waals surface area contributed by atoms with Crippen molar-refractivity contribution in [3.63, 3.8) is 0 Å². The van der Waals surface area contributed by atoms with Crippen LogP contribution in [0.25, 0.3) is 0 Å². The van der Waals surface area contributed by atoms with Gasteiger partial charge in [-0.3, -0.25) is 0 Å². The molecule has 4 nitrogen and oxygen atoms in total. The zero-order valence-electron chi connectivity index (χ0n) is 15.6. The van der Waals surface area contributed by atoms with Crippen LogP contribution >= 0.6 is 0 Å². The number of carbonyl (C=O) groups excluding carboxylic acids is 1. The first-order chi connectivity index (χ1) is 13.0. The minimum Gasteiger partial charge on any atom is -0.445 e. The largest absolute Gasteiger partial charge is 0.445 e. The Balaban J connectivity index is 1.60. The molecule has 0 unspecified atom stereocenters. The van der Waals surface area contributed by atoms with Crippen molar-refractivity contribution in [2.75, 3.05) is 13.2 Å². The summed E-state index contributed by atoms with van der Waals surface area (Å²) in [5, 5.41) is 10.0. The van der Waals surface area contributed by atoms with Crippen molar-refractivity contribution < 1.29 is 19.0 Å². The molecule has 1 saturated heterocycles. The van der Waals surface area contributed by atoms with Crippen LogP contribution in [0.3, 0.4) is 0 Å². The maximum Gasteiger partial charge on any atom is 0.410 e. The molecule has 27 heavy (non-hydrogen) atoms. The van der Waals surface area contributed by atoms with Gasteiger partial charge < -0.3 is 14.7 Å². The summed E-state index contributed by atoms with van der Waals surface area (Å²) < 4.78 is 18.9. The highest BCUT2D eigenvalue weighted by Gasteiger charge is 2.40. The van der Waals surface area contributed by atoms with Crippen molar-refractivity contribution in [3.8, 4) is 0 Å². The van der Waals surface area contributed by atoms with Crippen LogP contribution in [0.1, 0.15) is 30.9 Å². The molecule has 2 atom stereocenters. The summed E-state index contributed by atoms with van der Waals surface area (Å²) in [6.45, 7) is 2.75. The lowest BCUT2D eigenvalue weighted by molar-refractivity contribution is 0.00722. The van der Waals surface area contributed by atoms with Gasteiger partial charge in [-0.25, -0.2) is 9.18 Å². The Labute approximate surface area is 159 Å². The average Bonchev–Trinajstić information content (AvgIpc) is 2.67. The third kappa shape index (κ3) is 4.86. The fourth-order valence-electron chi connectivity index (χ4n) is 3.93. The molecular formula is C22H26FNO3. The van der Waals surface area contributed by atoms with Gasteiger partial charge in [0.1, 0.15) is 12.4 Å². The minimum atomic E-state index is -0.344. The van der Waals surface area contributed by atoms with E-state index in [9.17, 15) is 14.3 Å². The minimum absolute atomic E-state index is 0.0146. The Bertz CT molecular complexity index is 767. The molecule has 0 aliphatic carbocycles. The molecule has 1 aliphatic rings. The van der Waals surface area contributed by atoms with Crippen LogP contribution in [-0.4, -0.2) is 35.3 Å². The van der Waals surface area contributed by atoms with E-state index < -0.39 is 0 Å². The van der Waals surface area contributed by atoms with Gasteiger partial charge >= 0.3 is 6.09 Å². The fourth-order valence-corrected chi connectivity index (χ4v) is 3.93. The van der Waals surface area contributed by atoms with Crippen molar-refractivity contribution in [1.29, 1.82) is 0 Å². The van der Waals surface area contributed by atoms with Crippen LogP contribution in [-0.2, 0) is 17.8 Å². The van der Waals surface area contributed by atoms with Crippen molar-refractivity contribution in [1.82, 2.24) is 4.90 Å². The Morgan fingerprint density at radius 1 is 1.22 bits per heavy atom. The summed E-state index contributed by atoms with van der Waals surface area (Å²) in [5.74, 6) is -0.268. The SMILES string of the molecule is C[C@H]1C[C@](CO)(Cc2cccc(F)c2)CCN1C(=O)OCc1ccccc1. The summed E-state index contributed by atoms with van der Waals surface area (Å²) in [6, 6.07) is 16.0. The van der Waals surface area contributed by atoms with Gasteiger partial charge in [0.15, 0.2) is 0 Å². The molecule has 0 radical (unpaired) electrons. The first-order valence-electron chi connectivity index (χ1n) is 9.34. The van der Waals surface area contributed by atoms with E-state index in [0.717, 1.165) is 11.1 Å². The monoisotopic (exact) mass is 371 g/mol. The number of piperidine rings is 1. The van der Waals surface area contributed by atoms with E-state index in [1.165, 1.54) is 12.1 Å². The summed E-state index contributed by atoms with van der Waals surface area (Å²) in [5.41, 5.74) is 1.48. The molecule has 1 aliphatic heterocycles. The molecule has 0 aromatic heterocycles. The molecule has 0 saturated carbocycles. The number of hydrogen-bond acceptors (Lipinski definition) is 3. The van der Waals surface area contributed by atoms with Gasteiger partial charge in [-0.1, -0.05) is 42.5 Å². The van der Waals surface area contributed by atoms with Crippen LogP contribution in [0.4, 0.5) is 9.18 Å². The predicted molar refractivity (Wildman–Crippen MR) is 102 cm³/mol. The topological polar surface area (TPSA) is 49.8 Å². The molecule has 5 heteroatoms. The van der Waals surface area contributed by atoms with Crippen LogP contribution < -0.4 is 0 Å². The van der Waals surface area contributed by atoms with E-state index in [0.29, 0.717) is 25.8 Å². The number of hydrogen-bond donors (Lipinski definition) is 1. The van der Waals surface area contributed by atoms with Gasteiger partial charge in [-0.05, 0) is 49.4 Å². The lowest BCUT2D eigenvalue weighted by Gasteiger charge is -2.44. The van der Waals surface area contributed by atoms with Crippen LogP contribution in [0.15, 0.2) is 54.6 Å². The van der Waals surface area contributed by atoms with Crippen molar-refractivity contribution in [2.45, 2.75) is 38.8 Å². The van der Waals surface area contributed by atoms with Gasteiger partial charge in [0.25, 0.3) is 0 Å². The molecule has 1 heterocycles. The standard InChI is InChI=1S/C22H26FNO3/c1-17-13-22(16-25,14-19-8-5-9-20(23)12-19)10-11-24(17)21(26)27-15-18-6-3-2-4-7-18/h2-9,12,17,25H,10-11,13-16H2,1H3/t17-,22-/m0/s1. The van der Waals surface area contributed by atoms with Gasteiger partial charge in [0, 0.05) is 24.6 Å². The summed E-state index contributed by atoms with van der Waals surface area (Å²) >= 11 is 0. The lowest BCUT2D eigenvalue weighted by atomic mass is 9.72. The second-order valence-corrected chi connectivity index (χ2v) is 7.50. The van der Waals surface area contributed by atoms with E-state index >= 15 is 0 Å². The van der Waals surface area contributed by atoms with E-state index in [-0.39, 0.29) is 36.6 Å². The summed E-state index contributed by atoms with van der Waals surface area (Å²) in [6.07, 6.45) is 1.58. The predicted octanol–water partition coefficient (Wildman–Crippen LogP) is 4.17. The van der Waals surface area contributed by atoms with E-state index in [4.69, 9.17) is 4.74 Å². The molecule has 1 amide bonds. The van der Waals surface area contributed by atoms with Gasteiger partial charge in [0.05, 0.1) is 0 Å². The number of likely N-dealkylation sites (tertiary alicyclic amines) is 1. The average molecular weight is 371 g/mol. The molecule has 0 bridgehead atoms. The normalized spacial score (nSPS) is 22.5. The first-order valence-corrected chi connectivity index (χ1v) is 9.34. The van der Waals surface area contributed by atoms with Crippen molar-refractivity contribution in [2.24, 2.45) is 5.41 Å². The fraction of sp³-hybridized carbons (Fsp3) is 0.409. The number of rotatable bonds is 5. The highest BCUT2D eigenvalue weighted by molar-refractivity contribution is 5.68. The Hall–Kier alpha value is -2.40. The molecule has 2 aromatic carbocycles. The highest BCUT2D eigenvalue weighted by atomic mass is 19.1. The van der Waals surface area contributed by atoms with Gasteiger partial charge in [-0.15, -0.1) is 0 Å². The van der Waals surface area contributed by atoms with Gasteiger partial charge in [0.2, 0.25) is 0 Å². The van der Waals surface area contributed by atoms with Crippen LogP contribution in [0, 0.1) is 11.2 Å². The third-order valence-corrected chi connectivity index (χ3v) is 5.39. The van der Waals surface area contributed by atoms with E-state index in [2.05, 4.69) is 0 Å². The Morgan fingerprint density at radius 2 is 1.96 bits per heavy atom. The van der Waals surface area contributed by atoms with Crippen molar-refractivity contribution >= 4 is 6.09 Å². The highest BCUT2D eigenvalue weighted by Crippen LogP contribution is 2.38. The second kappa shape index (κ2) is 8.53. The third-order valence-electron chi connectivity index (χ3n) is 5.39. The van der Waals surface area contributed by atoms with Crippen LogP contribution in [0.5, 0.6) is 0 Å². The molecule has 1 fully saturated rings. The zero-order valence-corrected chi connectivity index (χ0v) is 15.6. The lowest BCUT2D eigenvalue weighted by Crippen LogP contribution is -2.50. The molecule has 0 spiro atoms. The van der Waals surface area contributed by atoms with E-state index in [1.807, 2.05) is 43.3 Å². The van der Waals surface area contributed by atoms with Crippen molar-refractivity contribution in [3.05, 3.63) is 71.5 Å². The first kappa shape index (κ1) is 19.4. The maximum atomic E-state index is 13.5. The number of halogens is 1. The van der Waals surface area contributed by atoms with E-state index in [1.54, 1.807) is 11.0 Å².